The molecule has 6 nitrogen and oxygen atoms in total. The van der Waals surface area contributed by atoms with Crippen molar-refractivity contribution >= 4 is 5.91 Å². The largest absolute Gasteiger partial charge is 0.417 e. The molecule has 0 bridgehead atoms. The van der Waals surface area contributed by atoms with Crippen LogP contribution >= 0.6 is 0 Å². The average Bonchev–Trinajstić information content (AvgIpc) is 2.86. The van der Waals surface area contributed by atoms with E-state index in [2.05, 4.69) is 20.4 Å². The van der Waals surface area contributed by atoms with E-state index in [-0.39, 0.29) is 5.91 Å². The first kappa shape index (κ1) is 15.1. The summed E-state index contributed by atoms with van der Waals surface area (Å²) in [7, 11) is 0. The van der Waals surface area contributed by atoms with Gasteiger partial charge in [0.15, 0.2) is 0 Å². The molecule has 2 aromatic heterocycles. The molecule has 3 heterocycles. The Morgan fingerprint density at radius 3 is 2.74 bits per heavy atom. The van der Waals surface area contributed by atoms with Crippen molar-refractivity contribution in [2.24, 2.45) is 10.1 Å². The second-order valence-corrected chi connectivity index (χ2v) is 4.90. The van der Waals surface area contributed by atoms with Crippen LogP contribution in [0.15, 0.2) is 46.9 Å². The van der Waals surface area contributed by atoms with E-state index in [4.69, 9.17) is 0 Å². The monoisotopic (exact) mass is 322 g/mol. The van der Waals surface area contributed by atoms with Gasteiger partial charge >= 0.3 is 18.0 Å². The molecule has 0 saturated carbocycles. The molecule has 3 rings (SSSR count). The Kier molecular flexibility index (Phi) is 3.55. The second-order valence-electron chi connectivity index (χ2n) is 4.90. The van der Waals surface area contributed by atoms with Crippen LogP contribution in [0.1, 0.15) is 12.5 Å². The Morgan fingerprint density at radius 2 is 2.04 bits per heavy atom. The summed E-state index contributed by atoms with van der Waals surface area (Å²) in [5, 5.41) is 6.65. The standard InChI is InChI=1S/C14H10F3N5O/c1-8(23)19-13-20-12-3-2-9(7-22(12)21-13)10-4-11(6-18-5-10)14(15,16)17/h2-7,13H,1H3/p+1. The highest BCUT2D eigenvalue weighted by Crippen LogP contribution is 2.30. The minimum absolute atomic E-state index is 0.279. The summed E-state index contributed by atoms with van der Waals surface area (Å²) >= 11 is 0. The first-order valence-corrected chi connectivity index (χ1v) is 6.60. The van der Waals surface area contributed by atoms with Crippen LogP contribution in [0.3, 0.4) is 0 Å². The van der Waals surface area contributed by atoms with Crippen molar-refractivity contribution in [3.8, 4) is 11.1 Å². The molecular formula is C14H11F3N5O+. The van der Waals surface area contributed by atoms with Crippen molar-refractivity contribution in [3.05, 3.63) is 47.8 Å². The molecule has 1 atom stereocenters. The van der Waals surface area contributed by atoms with Crippen molar-refractivity contribution in [1.82, 2.24) is 10.3 Å². The van der Waals surface area contributed by atoms with E-state index in [1.165, 1.54) is 23.7 Å². The van der Waals surface area contributed by atoms with Crippen LogP contribution in [0.4, 0.5) is 13.2 Å². The summed E-state index contributed by atoms with van der Waals surface area (Å²) in [5.41, 5.74) is 0.494. The molecule has 1 amide bonds. The highest BCUT2D eigenvalue weighted by molar-refractivity contribution is 5.73. The first-order valence-electron chi connectivity index (χ1n) is 6.60. The molecule has 2 aromatic rings. The van der Waals surface area contributed by atoms with Crippen LogP contribution in [-0.4, -0.2) is 17.2 Å². The van der Waals surface area contributed by atoms with Gasteiger partial charge in [-0.1, -0.05) is 4.36 Å². The molecule has 0 aliphatic carbocycles. The third-order valence-electron chi connectivity index (χ3n) is 3.13. The third kappa shape index (κ3) is 3.17. The van der Waals surface area contributed by atoms with Gasteiger partial charge in [-0.25, -0.2) is 0 Å². The third-order valence-corrected chi connectivity index (χ3v) is 3.13. The number of hydrogen-bond donors (Lipinski definition) is 1. The van der Waals surface area contributed by atoms with Gasteiger partial charge in [0.25, 0.3) is 0 Å². The Balaban J connectivity index is 2.00. The number of carbonyl (C=O) groups excluding carboxylic acids is 1. The molecule has 0 aromatic carbocycles. The van der Waals surface area contributed by atoms with Crippen molar-refractivity contribution in [2.45, 2.75) is 19.4 Å². The summed E-state index contributed by atoms with van der Waals surface area (Å²) in [6, 6.07) is 4.26. The van der Waals surface area contributed by atoms with Crippen LogP contribution in [0.5, 0.6) is 0 Å². The maximum Gasteiger partial charge on any atom is 0.417 e. The fourth-order valence-electron chi connectivity index (χ4n) is 2.11. The number of nitrogens with one attached hydrogen (secondary N) is 1. The van der Waals surface area contributed by atoms with Crippen molar-refractivity contribution < 1.29 is 22.3 Å². The number of amides is 1. The van der Waals surface area contributed by atoms with Crippen LogP contribution in [0.25, 0.3) is 11.1 Å². The summed E-state index contributed by atoms with van der Waals surface area (Å²) in [6.45, 7) is 1.35. The van der Waals surface area contributed by atoms with Gasteiger partial charge < -0.3 is 0 Å². The van der Waals surface area contributed by atoms with E-state index in [0.717, 1.165) is 12.3 Å². The van der Waals surface area contributed by atoms with E-state index < -0.39 is 18.0 Å². The van der Waals surface area contributed by atoms with Crippen molar-refractivity contribution in [2.75, 3.05) is 0 Å². The lowest BCUT2D eigenvalue weighted by Gasteiger charge is -2.07. The normalized spacial score (nSPS) is 16.3. The maximum absolute atomic E-state index is 12.8. The molecule has 1 unspecified atom stereocenters. The van der Waals surface area contributed by atoms with Gasteiger partial charge in [-0.15, -0.1) is 0 Å². The number of carbonyl (C=O) groups is 1. The zero-order valence-electron chi connectivity index (χ0n) is 11.9. The number of hydrogen-bond acceptors (Lipinski definition) is 4. The number of aromatic nitrogens is 2. The average molecular weight is 322 g/mol. The van der Waals surface area contributed by atoms with Crippen LogP contribution in [-0.2, 0) is 11.0 Å². The quantitative estimate of drug-likeness (QED) is 0.842. The zero-order chi connectivity index (χ0) is 16.6. The molecule has 0 radical (unpaired) electrons. The molecule has 1 N–H and O–H groups in total. The number of pyridine rings is 2. The van der Waals surface area contributed by atoms with Gasteiger partial charge in [-0.05, 0) is 22.2 Å². The molecule has 118 valence electrons. The number of nitrogens with zero attached hydrogens (tertiary/aromatic N) is 4. The van der Waals surface area contributed by atoms with Gasteiger partial charge in [0, 0.05) is 36.5 Å². The van der Waals surface area contributed by atoms with Crippen molar-refractivity contribution in [3.63, 3.8) is 0 Å². The van der Waals surface area contributed by atoms with E-state index in [9.17, 15) is 18.0 Å². The number of alkyl halides is 3. The van der Waals surface area contributed by atoms with Gasteiger partial charge in [0.05, 0.1) is 5.56 Å². The Bertz CT molecular complexity index is 894. The lowest BCUT2D eigenvalue weighted by Crippen LogP contribution is -2.33. The van der Waals surface area contributed by atoms with Gasteiger partial charge in [-0.2, -0.15) is 13.2 Å². The summed E-state index contributed by atoms with van der Waals surface area (Å²) in [5.74, 6) is -0.279. The topological polar surface area (TPSA) is 72.6 Å². The number of rotatable bonds is 2. The molecule has 0 saturated heterocycles. The van der Waals surface area contributed by atoms with Crippen molar-refractivity contribution in [1.29, 1.82) is 0 Å². The first-order chi connectivity index (χ1) is 10.8. The SMILES string of the molecule is CC(=O)NC1N=c2ccc(-c3cncc(C(F)(F)F)c3)c[n+]2=N1. The second kappa shape index (κ2) is 5.41. The van der Waals surface area contributed by atoms with E-state index in [1.807, 2.05) is 0 Å². The Morgan fingerprint density at radius 1 is 1.26 bits per heavy atom. The molecule has 1 aliphatic heterocycles. The Hall–Kier alpha value is -2.84. The fraction of sp³-hybridized carbons (Fsp3) is 0.214. The van der Waals surface area contributed by atoms with Gasteiger partial charge in [0.2, 0.25) is 5.91 Å². The summed E-state index contributed by atoms with van der Waals surface area (Å²) < 4.78 is 39.7. The minimum atomic E-state index is -4.46. The maximum atomic E-state index is 12.8. The lowest BCUT2D eigenvalue weighted by atomic mass is 10.1. The molecule has 9 heteroatoms. The van der Waals surface area contributed by atoms with Gasteiger partial charge in [0.1, 0.15) is 6.20 Å². The molecule has 0 fully saturated rings. The fourth-order valence-corrected chi connectivity index (χ4v) is 2.11. The summed E-state index contributed by atoms with van der Waals surface area (Å²) in [6.07, 6.45) is -1.53. The van der Waals surface area contributed by atoms with E-state index in [1.54, 1.807) is 12.1 Å². The van der Waals surface area contributed by atoms with Crippen LogP contribution < -0.4 is 15.2 Å². The van der Waals surface area contributed by atoms with Crippen LogP contribution in [0, 0.1) is 0 Å². The van der Waals surface area contributed by atoms with Crippen LogP contribution in [0.2, 0.25) is 0 Å². The lowest BCUT2D eigenvalue weighted by molar-refractivity contribution is -0.559. The molecular weight excluding hydrogens is 311 g/mol. The predicted octanol–water partition coefficient (Wildman–Crippen LogP) is 1.14. The Labute approximate surface area is 128 Å². The number of fused-ring (bicyclic) bond motifs is 1. The van der Waals surface area contributed by atoms with Gasteiger partial charge in [-0.3, -0.25) is 15.1 Å². The highest BCUT2D eigenvalue weighted by Gasteiger charge is 2.31. The van der Waals surface area contributed by atoms with E-state index >= 15 is 0 Å². The predicted molar refractivity (Wildman–Crippen MR) is 71.5 cm³/mol. The highest BCUT2D eigenvalue weighted by atomic mass is 19.4. The zero-order valence-corrected chi connectivity index (χ0v) is 11.9. The smallest absolute Gasteiger partial charge is 0.293 e. The molecule has 1 aliphatic rings. The van der Waals surface area contributed by atoms with E-state index in [0.29, 0.717) is 16.6 Å². The molecule has 23 heavy (non-hydrogen) atoms. The number of halogens is 3. The summed E-state index contributed by atoms with van der Waals surface area (Å²) in [4.78, 5) is 18.8. The molecule has 0 spiro atoms. The minimum Gasteiger partial charge on any atom is -0.293 e.